The second-order valence-corrected chi connectivity index (χ2v) is 9.57. The van der Waals surface area contributed by atoms with E-state index in [-0.39, 0.29) is 12.5 Å². The Hall–Kier alpha value is -3.92. The number of aliphatic hydroxyl groups is 1. The summed E-state index contributed by atoms with van der Waals surface area (Å²) in [7, 11) is 1.62. The molecule has 10 nitrogen and oxygen atoms in total. The van der Waals surface area contributed by atoms with Crippen molar-refractivity contribution in [2.24, 2.45) is 0 Å². The van der Waals surface area contributed by atoms with Crippen molar-refractivity contribution in [1.82, 2.24) is 24.9 Å². The average Bonchev–Trinajstić information content (AvgIpc) is 3.22. The molecule has 4 aromatic rings. The van der Waals surface area contributed by atoms with Gasteiger partial charge in [0, 0.05) is 17.5 Å². The number of anilines is 1. The number of carbonyl (C=O) groups excluding carboxylic acids is 1. The first-order valence-electron chi connectivity index (χ1n) is 12.1. The molecule has 3 N–H and O–H groups in total. The number of nitrogens with zero attached hydrogens (tertiary/aromatic N) is 4. The van der Waals surface area contributed by atoms with Crippen molar-refractivity contribution in [2.75, 3.05) is 25.6 Å². The molecule has 36 heavy (non-hydrogen) atoms. The fourth-order valence-electron chi connectivity index (χ4n) is 4.16. The lowest BCUT2D eigenvalue weighted by atomic mass is 10.1. The molecule has 188 valence electrons. The highest BCUT2D eigenvalue weighted by molar-refractivity contribution is 5.96. The highest BCUT2D eigenvalue weighted by atomic mass is 16.5. The lowest BCUT2D eigenvalue weighted by Crippen LogP contribution is -2.38. The Labute approximate surface area is 208 Å². The fourth-order valence-corrected chi connectivity index (χ4v) is 4.16. The second-order valence-electron chi connectivity index (χ2n) is 9.57. The maximum atomic E-state index is 12.7. The van der Waals surface area contributed by atoms with Gasteiger partial charge >= 0.3 is 0 Å². The summed E-state index contributed by atoms with van der Waals surface area (Å²) in [4.78, 5) is 22.3. The number of fused-ring (bicyclic) bond motifs is 3. The van der Waals surface area contributed by atoms with Crippen LogP contribution in [0.2, 0.25) is 0 Å². The van der Waals surface area contributed by atoms with Crippen LogP contribution in [0, 0.1) is 0 Å². The minimum Gasteiger partial charge on any atom is -0.497 e. The number of ether oxygens (including phenoxy) is 2. The Morgan fingerprint density at radius 3 is 2.72 bits per heavy atom. The van der Waals surface area contributed by atoms with Gasteiger partial charge in [-0.05, 0) is 69.5 Å². The number of benzene rings is 2. The van der Waals surface area contributed by atoms with Crippen LogP contribution in [-0.4, -0.2) is 62.5 Å². The van der Waals surface area contributed by atoms with E-state index in [0.29, 0.717) is 41.7 Å². The van der Waals surface area contributed by atoms with Crippen molar-refractivity contribution >= 4 is 28.4 Å². The van der Waals surface area contributed by atoms with Crippen molar-refractivity contribution in [1.29, 1.82) is 0 Å². The van der Waals surface area contributed by atoms with E-state index in [1.165, 1.54) is 0 Å². The predicted octanol–water partition coefficient (Wildman–Crippen LogP) is 3.18. The Morgan fingerprint density at radius 1 is 1.17 bits per heavy atom. The Kier molecular flexibility index (Phi) is 6.36. The number of hydrogen-bond acceptors (Lipinski definition) is 8. The molecule has 1 atom stereocenters. The summed E-state index contributed by atoms with van der Waals surface area (Å²) in [5, 5.41) is 21.9. The number of para-hydroxylation sites is 1. The predicted molar refractivity (Wildman–Crippen MR) is 136 cm³/mol. The molecular weight excluding hydrogens is 460 g/mol. The lowest BCUT2D eigenvalue weighted by molar-refractivity contribution is -0.121. The third-order valence-corrected chi connectivity index (χ3v) is 6.03. The van der Waals surface area contributed by atoms with Gasteiger partial charge in [0.2, 0.25) is 11.9 Å². The van der Waals surface area contributed by atoms with Crippen LogP contribution in [0.4, 0.5) is 5.95 Å². The summed E-state index contributed by atoms with van der Waals surface area (Å²) in [5.41, 5.74) is 0.957. The summed E-state index contributed by atoms with van der Waals surface area (Å²) in [5.74, 6) is 2.10. The number of nitrogens with one attached hydrogen (secondary N) is 2. The van der Waals surface area contributed by atoms with Crippen LogP contribution in [0.3, 0.4) is 0 Å². The fraction of sp³-hybridized carbons (Fsp3) is 0.385. The van der Waals surface area contributed by atoms with E-state index in [2.05, 4.69) is 10.6 Å². The van der Waals surface area contributed by atoms with Gasteiger partial charge in [-0.3, -0.25) is 4.79 Å². The van der Waals surface area contributed by atoms with E-state index < -0.39 is 11.6 Å². The van der Waals surface area contributed by atoms with Crippen molar-refractivity contribution < 1.29 is 19.4 Å². The Morgan fingerprint density at radius 2 is 1.97 bits per heavy atom. The molecule has 10 heteroatoms. The second kappa shape index (κ2) is 9.62. The first-order valence-corrected chi connectivity index (χ1v) is 12.1. The monoisotopic (exact) mass is 490 g/mol. The molecule has 2 aromatic carbocycles. The molecule has 3 heterocycles. The molecule has 1 aliphatic rings. The number of methoxy groups -OCH3 is 1. The van der Waals surface area contributed by atoms with Gasteiger partial charge in [0.25, 0.3) is 0 Å². The zero-order valence-corrected chi connectivity index (χ0v) is 20.6. The largest absolute Gasteiger partial charge is 0.497 e. The summed E-state index contributed by atoms with van der Waals surface area (Å²) in [6.07, 6.45) is 2.54. The number of carbonyl (C=O) groups is 1. The molecule has 2 aromatic heterocycles. The Balaban J connectivity index is 1.65. The molecule has 1 fully saturated rings. The van der Waals surface area contributed by atoms with E-state index in [1.807, 2.05) is 36.4 Å². The van der Waals surface area contributed by atoms with Gasteiger partial charge in [0.05, 0.1) is 12.7 Å². The molecular formula is C26H30N6O4. The number of aromatic nitrogens is 4. The van der Waals surface area contributed by atoms with E-state index in [4.69, 9.17) is 24.5 Å². The Bertz CT molecular complexity index is 1390. The summed E-state index contributed by atoms with van der Waals surface area (Å²) >= 11 is 0. The van der Waals surface area contributed by atoms with Crippen molar-refractivity contribution in [3.63, 3.8) is 0 Å². The molecule has 0 unspecified atom stereocenters. The zero-order valence-electron chi connectivity index (χ0n) is 20.6. The van der Waals surface area contributed by atoms with Crippen LogP contribution in [0.25, 0.3) is 27.9 Å². The molecule has 0 aliphatic carbocycles. The zero-order chi connectivity index (χ0) is 25.3. The third kappa shape index (κ3) is 4.90. The highest BCUT2D eigenvalue weighted by Crippen LogP contribution is 2.31. The third-order valence-electron chi connectivity index (χ3n) is 6.03. The number of amides is 1. The molecule has 0 bridgehead atoms. The summed E-state index contributed by atoms with van der Waals surface area (Å²) < 4.78 is 12.9. The maximum Gasteiger partial charge on any atom is 0.242 e. The standard InChI is InChI=1S/C26H30N6O4/c1-26(2,34)15-36-20-9-6-7-18-21(20)29-25(28-19-8-4-5-14-27-24(19)33)32-23(18)30-22(31-32)16-10-12-17(35-3)13-11-16/h6-7,9-13,19,34H,4-5,8,14-15H2,1-3H3,(H,27,33)(H,28,29)/t19-/m1/s1. The molecule has 0 spiro atoms. The van der Waals surface area contributed by atoms with Crippen LogP contribution in [0.1, 0.15) is 33.1 Å². The summed E-state index contributed by atoms with van der Waals surface area (Å²) in [6.45, 7) is 4.12. The van der Waals surface area contributed by atoms with Crippen molar-refractivity contribution in [3.05, 3.63) is 42.5 Å². The average molecular weight is 491 g/mol. The smallest absolute Gasteiger partial charge is 0.242 e. The normalized spacial score (nSPS) is 16.6. The van der Waals surface area contributed by atoms with E-state index >= 15 is 0 Å². The molecule has 0 radical (unpaired) electrons. The SMILES string of the molecule is COc1ccc(-c2nc3c4cccc(OCC(C)(C)O)c4nc(N[C@@H]4CCCCNC4=O)n3n2)cc1. The van der Waals surface area contributed by atoms with Gasteiger partial charge in [0.1, 0.15) is 29.7 Å². The lowest BCUT2D eigenvalue weighted by Gasteiger charge is -2.19. The first kappa shape index (κ1) is 23.8. The topological polar surface area (TPSA) is 123 Å². The first-order chi connectivity index (χ1) is 17.3. The van der Waals surface area contributed by atoms with Gasteiger partial charge in [0.15, 0.2) is 11.5 Å². The van der Waals surface area contributed by atoms with Gasteiger partial charge in [-0.15, -0.1) is 5.10 Å². The molecule has 1 saturated heterocycles. The van der Waals surface area contributed by atoms with Gasteiger partial charge in [-0.1, -0.05) is 6.07 Å². The number of rotatable bonds is 7. The van der Waals surface area contributed by atoms with Crippen LogP contribution >= 0.6 is 0 Å². The van der Waals surface area contributed by atoms with Gasteiger partial charge in [-0.2, -0.15) is 4.52 Å². The van der Waals surface area contributed by atoms with Crippen LogP contribution in [0.15, 0.2) is 42.5 Å². The molecule has 1 amide bonds. The highest BCUT2D eigenvalue weighted by Gasteiger charge is 2.24. The van der Waals surface area contributed by atoms with Crippen LogP contribution in [0.5, 0.6) is 11.5 Å². The van der Waals surface area contributed by atoms with Crippen LogP contribution in [-0.2, 0) is 4.79 Å². The molecule has 0 saturated carbocycles. The minimum absolute atomic E-state index is 0.0652. The molecule has 5 rings (SSSR count). The van der Waals surface area contributed by atoms with Crippen molar-refractivity contribution in [2.45, 2.75) is 44.8 Å². The summed E-state index contributed by atoms with van der Waals surface area (Å²) in [6, 6.07) is 12.6. The number of hydrogen-bond donors (Lipinski definition) is 3. The molecule has 1 aliphatic heterocycles. The van der Waals surface area contributed by atoms with E-state index in [9.17, 15) is 9.90 Å². The van der Waals surface area contributed by atoms with Gasteiger partial charge < -0.3 is 25.2 Å². The van der Waals surface area contributed by atoms with Gasteiger partial charge in [-0.25, -0.2) is 9.97 Å². The quantitative estimate of drug-likeness (QED) is 0.361. The maximum absolute atomic E-state index is 12.7. The van der Waals surface area contributed by atoms with Crippen LogP contribution < -0.4 is 20.1 Å². The minimum atomic E-state index is -1.01. The van der Waals surface area contributed by atoms with E-state index in [1.54, 1.807) is 31.5 Å². The van der Waals surface area contributed by atoms with E-state index in [0.717, 1.165) is 29.5 Å². The van der Waals surface area contributed by atoms with Crippen molar-refractivity contribution in [3.8, 4) is 22.9 Å².